The molecule has 0 bridgehead atoms. The lowest BCUT2D eigenvalue weighted by molar-refractivity contribution is -0.132. The van der Waals surface area contributed by atoms with Crippen molar-refractivity contribution in [2.75, 3.05) is 4.90 Å². The van der Waals surface area contributed by atoms with E-state index in [4.69, 9.17) is 11.6 Å². The quantitative estimate of drug-likeness (QED) is 0.342. The summed E-state index contributed by atoms with van der Waals surface area (Å²) in [5, 5.41) is 13.3. The first-order valence-corrected chi connectivity index (χ1v) is 10.0. The Morgan fingerprint density at radius 1 is 1.07 bits per heavy atom. The van der Waals surface area contributed by atoms with Crippen molar-refractivity contribution in [2.24, 2.45) is 0 Å². The Morgan fingerprint density at radius 3 is 2.31 bits per heavy atom. The molecule has 146 valence electrons. The molecule has 1 atom stereocenters. The Balaban J connectivity index is 1.94. The first kappa shape index (κ1) is 19.4. The van der Waals surface area contributed by atoms with Gasteiger partial charge < -0.3 is 5.11 Å². The third-order valence-corrected chi connectivity index (χ3v) is 6.14. The number of benzene rings is 2. The third-order valence-electron chi connectivity index (χ3n) is 4.82. The van der Waals surface area contributed by atoms with Crippen LogP contribution < -0.4 is 4.90 Å². The number of halogens is 2. The lowest BCUT2D eigenvalue weighted by Crippen LogP contribution is -2.29. The fourth-order valence-electron chi connectivity index (χ4n) is 3.38. The number of carbonyl (C=O) groups excluding carboxylic acids is 2. The van der Waals surface area contributed by atoms with Crippen LogP contribution in [-0.2, 0) is 9.59 Å². The lowest BCUT2D eigenvalue weighted by Gasteiger charge is -2.25. The standard InChI is InChI=1S/C22H15ClFNO3S/c1-12-10-11-29-21(12)18-17(19(26)13-2-4-14(23)5-3-13)20(27)22(28)25(18)16-8-6-15(24)7-9-16/h2-11,18,26H,1H3/b19-17-. The van der Waals surface area contributed by atoms with Crippen LogP contribution in [0, 0.1) is 12.7 Å². The van der Waals surface area contributed by atoms with E-state index in [2.05, 4.69) is 0 Å². The highest BCUT2D eigenvalue weighted by atomic mass is 35.5. The van der Waals surface area contributed by atoms with Gasteiger partial charge in [-0.3, -0.25) is 14.5 Å². The molecular weight excluding hydrogens is 413 g/mol. The topological polar surface area (TPSA) is 57.6 Å². The number of aryl methyl sites for hydroxylation is 1. The normalized spacial score (nSPS) is 18.4. The van der Waals surface area contributed by atoms with Gasteiger partial charge >= 0.3 is 0 Å². The zero-order valence-electron chi connectivity index (χ0n) is 15.2. The lowest BCUT2D eigenvalue weighted by atomic mass is 9.98. The van der Waals surface area contributed by atoms with Crippen LogP contribution in [0.5, 0.6) is 0 Å². The van der Waals surface area contributed by atoms with Gasteiger partial charge in [0.1, 0.15) is 17.6 Å². The van der Waals surface area contributed by atoms with E-state index in [0.717, 1.165) is 10.4 Å². The molecule has 29 heavy (non-hydrogen) atoms. The summed E-state index contributed by atoms with van der Waals surface area (Å²) in [4.78, 5) is 27.9. The van der Waals surface area contributed by atoms with Gasteiger partial charge in [-0.25, -0.2) is 4.39 Å². The van der Waals surface area contributed by atoms with E-state index >= 15 is 0 Å². The van der Waals surface area contributed by atoms with E-state index < -0.39 is 23.5 Å². The fraction of sp³-hybridized carbons (Fsp3) is 0.0909. The first-order valence-electron chi connectivity index (χ1n) is 8.75. The molecule has 1 unspecified atom stereocenters. The molecule has 4 rings (SSSR count). The molecule has 1 aromatic heterocycles. The van der Waals surface area contributed by atoms with Crippen molar-refractivity contribution in [1.29, 1.82) is 0 Å². The molecule has 4 nitrogen and oxygen atoms in total. The largest absolute Gasteiger partial charge is 0.507 e. The Morgan fingerprint density at radius 2 is 1.72 bits per heavy atom. The van der Waals surface area contributed by atoms with E-state index in [0.29, 0.717) is 16.3 Å². The molecule has 1 aliphatic rings. The van der Waals surface area contributed by atoms with Gasteiger partial charge in [-0.2, -0.15) is 0 Å². The minimum atomic E-state index is -0.809. The molecule has 2 heterocycles. The molecule has 1 fully saturated rings. The smallest absolute Gasteiger partial charge is 0.300 e. The minimum Gasteiger partial charge on any atom is -0.507 e. The summed E-state index contributed by atoms with van der Waals surface area (Å²) >= 11 is 7.30. The van der Waals surface area contributed by atoms with Crippen molar-refractivity contribution in [3.05, 3.63) is 92.4 Å². The van der Waals surface area contributed by atoms with Crippen LogP contribution in [0.4, 0.5) is 10.1 Å². The van der Waals surface area contributed by atoms with E-state index in [1.807, 2.05) is 18.4 Å². The van der Waals surface area contributed by atoms with E-state index in [1.54, 1.807) is 24.3 Å². The number of aliphatic hydroxyl groups excluding tert-OH is 1. The van der Waals surface area contributed by atoms with Crippen molar-refractivity contribution in [1.82, 2.24) is 0 Å². The summed E-state index contributed by atoms with van der Waals surface area (Å²) in [5.74, 6) is -2.29. The predicted octanol–water partition coefficient (Wildman–Crippen LogP) is 5.48. The summed E-state index contributed by atoms with van der Waals surface area (Å²) in [5.41, 5.74) is 1.63. The Bertz CT molecular complexity index is 1140. The van der Waals surface area contributed by atoms with Gasteiger partial charge in [0.15, 0.2) is 0 Å². The second-order valence-electron chi connectivity index (χ2n) is 6.62. The van der Waals surface area contributed by atoms with Gasteiger partial charge in [0.05, 0.1) is 5.57 Å². The maximum atomic E-state index is 13.4. The van der Waals surface area contributed by atoms with E-state index in [-0.39, 0.29) is 11.3 Å². The monoisotopic (exact) mass is 427 g/mol. The van der Waals surface area contributed by atoms with Gasteiger partial charge in [0.2, 0.25) is 0 Å². The summed E-state index contributed by atoms with van der Waals surface area (Å²) in [6.45, 7) is 1.87. The number of amides is 1. The molecule has 0 saturated carbocycles. The van der Waals surface area contributed by atoms with Crippen LogP contribution in [0.1, 0.15) is 22.0 Å². The highest BCUT2D eigenvalue weighted by Crippen LogP contribution is 2.44. The van der Waals surface area contributed by atoms with Crippen molar-refractivity contribution in [2.45, 2.75) is 13.0 Å². The number of hydrogen-bond donors (Lipinski definition) is 1. The number of Topliss-reactive ketones (excluding diaryl/α,β-unsaturated/α-hetero) is 1. The minimum absolute atomic E-state index is 0.00722. The molecule has 1 N–H and O–H groups in total. The second-order valence-corrected chi connectivity index (χ2v) is 8.00. The molecular formula is C22H15ClFNO3S. The Kier molecular flexibility index (Phi) is 4.98. The number of hydrogen-bond acceptors (Lipinski definition) is 4. The van der Waals surface area contributed by atoms with Crippen molar-refractivity contribution in [3.63, 3.8) is 0 Å². The maximum absolute atomic E-state index is 13.4. The molecule has 1 amide bonds. The summed E-state index contributed by atoms with van der Waals surface area (Å²) in [7, 11) is 0. The van der Waals surface area contributed by atoms with Gasteiger partial charge in [0, 0.05) is 21.2 Å². The highest BCUT2D eigenvalue weighted by Gasteiger charge is 2.47. The maximum Gasteiger partial charge on any atom is 0.300 e. The molecule has 2 aromatic carbocycles. The van der Waals surface area contributed by atoms with Gasteiger partial charge in [-0.05, 0) is 72.5 Å². The van der Waals surface area contributed by atoms with Gasteiger partial charge in [-0.1, -0.05) is 11.6 Å². The van der Waals surface area contributed by atoms with E-state index in [1.165, 1.54) is 40.5 Å². The summed E-state index contributed by atoms with van der Waals surface area (Å²) < 4.78 is 13.4. The van der Waals surface area contributed by atoms with Crippen LogP contribution in [0.2, 0.25) is 5.02 Å². The highest BCUT2D eigenvalue weighted by molar-refractivity contribution is 7.10. The molecule has 0 radical (unpaired) electrons. The number of ketones is 1. The molecule has 0 aliphatic carbocycles. The molecule has 1 aliphatic heterocycles. The van der Waals surface area contributed by atoms with Crippen molar-refractivity contribution >= 4 is 46.1 Å². The second kappa shape index (κ2) is 7.46. The van der Waals surface area contributed by atoms with Crippen LogP contribution in [0.3, 0.4) is 0 Å². The fourth-order valence-corrected chi connectivity index (χ4v) is 4.53. The zero-order valence-corrected chi connectivity index (χ0v) is 16.8. The SMILES string of the molecule is Cc1ccsc1C1/C(=C(/O)c2ccc(Cl)cc2)C(=O)C(=O)N1c1ccc(F)cc1. The van der Waals surface area contributed by atoms with Crippen LogP contribution in [0.15, 0.2) is 65.6 Å². The molecule has 1 saturated heterocycles. The average Bonchev–Trinajstić information content (AvgIpc) is 3.24. The van der Waals surface area contributed by atoms with Crippen LogP contribution in [-0.4, -0.2) is 16.8 Å². The van der Waals surface area contributed by atoms with E-state index in [9.17, 15) is 19.1 Å². The third kappa shape index (κ3) is 3.34. The molecule has 3 aromatic rings. The number of rotatable bonds is 3. The average molecular weight is 428 g/mol. The van der Waals surface area contributed by atoms with Gasteiger partial charge in [-0.15, -0.1) is 11.3 Å². The zero-order chi connectivity index (χ0) is 20.7. The molecule has 0 spiro atoms. The number of nitrogens with zero attached hydrogens (tertiary/aromatic N) is 1. The van der Waals surface area contributed by atoms with Crippen LogP contribution in [0.25, 0.3) is 5.76 Å². The molecule has 7 heteroatoms. The Hall–Kier alpha value is -2.96. The summed E-state index contributed by atoms with van der Waals surface area (Å²) in [6, 6.07) is 12.8. The van der Waals surface area contributed by atoms with Crippen molar-refractivity contribution < 1.29 is 19.1 Å². The van der Waals surface area contributed by atoms with Crippen molar-refractivity contribution in [3.8, 4) is 0 Å². The van der Waals surface area contributed by atoms with Crippen LogP contribution >= 0.6 is 22.9 Å². The number of thiophene rings is 1. The summed E-state index contributed by atoms with van der Waals surface area (Å²) in [6.07, 6.45) is 0. The first-order chi connectivity index (χ1) is 13.9. The Labute approximate surface area is 175 Å². The number of anilines is 1. The predicted molar refractivity (Wildman–Crippen MR) is 112 cm³/mol. The number of carbonyl (C=O) groups is 2. The number of aliphatic hydroxyl groups is 1. The van der Waals surface area contributed by atoms with Gasteiger partial charge in [0.25, 0.3) is 11.7 Å².